The Balaban J connectivity index is 1.45. The number of nitrogens with one attached hydrogen (secondary N) is 1. The fourth-order valence-corrected chi connectivity index (χ4v) is 5.06. The Kier molecular flexibility index (Phi) is 6.97. The molecular weight excluding hydrogens is 460 g/mol. The van der Waals surface area contributed by atoms with E-state index in [0.717, 1.165) is 25.2 Å². The molecule has 1 aliphatic rings. The third-order valence-corrected chi connectivity index (χ3v) is 7.27. The first-order chi connectivity index (χ1) is 15.8. The summed E-state index contributed by atoms with van der Waals surface area (Å²) < 4.78 is 28.4. The highest BCUT2D eigenvalue weighted by Crippen LogP contribution is 2.25. The Morgan fingerprint density at radius 2 is 1.76 bits per heavy atom. The number of hydrogen-bond donors (Lipinski definition) is 1. The van der Waals surface area contributed by atoms with Crippen LogP contribution in [0.15, 0.2) is 71.9 Å². The van der Waals surface area contributed by atoms with Crippen molar-refractivity contribution in [3.8, 4) is 0 Å². The number of carbonyl (C=O) groups is 1. The number of carbonyl (C=O) groups excluding carboxylic acids is 1. The van der Waals surface area contributed by atoms with E-state index in [1.165, 1.54) is 23.8 Å². The molecule has 3 aromatic rings. The quantitative estimate of drug-likeness (QED) is 0.575. The van der Waals surface area contributed by atoms with Crippen molar-refractivity contribution >= 4 is 33.2 Å². The van der Waals surface area contributed by atoms with Crippen molar-refractivity contribution in [3.05, 3.63) is 88.7 Å². The van der Waals surface area contributed by atoms with Crippen LogP contribution >= 0.6 is 11.6 Å². The van der Waals surface area contributed by atoms with Crippen LogP contribution in [0.5, 0.6) is 0 Å². The van der Waals surface area contributed by atoms with Gasteiger partial charge in [0.2, 0.25) is 0 Å². The number of halogens is 1. The Hall–Kier alpha value is -2.94. The van der Waals surface area contributed by atoms with E-state index < -0.39 is 10.0 Å². The zero-order valence-corrected chi connectivity index (χ0v) is 19.8. The van der Waals surface area contributed by atoms with E-state index in [2.05, 4.69) is 14.6 Å². The van der Waals surface area contributed by atoms with Gasteiger partial charge in [-0.25, -0.2) is 8.42 Å². The predicted octanol–water partition coefficient (Wildman–Crippen LogP) is 3.80. The van der Waals surface area contributed by atoms with Crippen LogP contribution in [0.2, 0.25) is 5.02 Å². The maximum absolute atomic E-state index is 13.2. The van der Waals surface area contributed by atoms with E-state index in [1.54, 1.807) is 35.5 Å². The fraction of sp³-hybridized carbons (Fsp3) is 0.250. The number of aryl methyl sites for hydroxylation is 1. The fourth-order valence-electron chi connectivity index (χ4n) is 3.78. The number of aromatic nitrogens is 1. The van der Waals surface area contributed by atoms with E-state index in [-0.39, 0.29) is 21.4 Å². The van der Waals surface area contributed by atoms with Crippen molar-refractivity contribution in [1.29, 1.82) is 0 Å². The maximum Gasteiger partial charge on any atom is 0.261 e. The molecule has 1 N–H and O–H groups in total. The van der Waals surface area contributed by atoms with Crippen LogP contribution < -0.4 is 4.72 Å². The number of hydrogen-bond acceptors (Lipinski definition) is 5. The van der Waals surface area contributed by atoms with Gasteiger partial charge in [-0.2, -0.15) is 0 Å². The van der Waals surface area contributed by atoms with Crippen LogP contribution in [0.4, 0.5) is 5.69 Å². The molecule has 0 spiro atoms. The Labute approximate surface area is 199 Å². The van der Waals surface area contributed by atoms with Crippen molar-refractivity contribution in [2.45, 2.75) is 18.4 Å². The van der Waals surface area contributed by atoms with Crippen LogP contribution in [0.3, 0.4) is 0 Å². The minimum atomic E-state index is -3.87. The molecule has 0 atom stereocenters. The largest absolute Gasteiger partial charge is 0.336 e. The van der Waals surface area contributed by atoms with Crippen LogP contribution in [-0.4, -0.2) is 55.3 Å². The van der Waals surface area contributed by atoms with Crippen LogP contribution in [-0.2, 0) is 16.6 Å². The van der Waals surface area contributed by atoms with Gasteiger partial charge < -0.3 is 4.90 Å². The molecule has 1 saturated heterocycles. The van der Waals surface area contributed by atoms with Crippen LogP contribution in [0, 0.1) is 6.92 Å². The first-order valence-corrected chi connectivity index (χ1v) is 12.5. The number of pyridine rings is 1. The second kappa shape index (κ2) is 9.91. The van der Waals surface area contributed by atoms with Gasteiger partial charge in [0.15, 0.2) is 0 Å². The summed E-state index contributed by atoms with van der Waals surface area (Å²) in [6, 6.07) is 15.3. The van der Waals surface area contributed by atoms with Gasteiger partial charge in [0.05, 0.1) is 15.5 Å². The van der Waals surface area contributed by atoms with Crippen molar-refractivity contribution < 1.29 is 13.2 Å². The van der Waals surface area contributed by atoms with Gasteiger partial charge in [-0.1, -0.05) is 23.7 Å². The molecule has 2 heterocycles. The molecule has 7 nitrogen and oxygen atoms in total. The number of nitrogens with zero attached hydrogens (tertiary/aromatic N) is 3. The lowest BCUT2D eigenvalue weighted by molar-refractivity contribution is 0.0628. The number of benzene rings is 2. The third-order valence-electron chi connectivity index (χ3n) is 5.56. The molecule has 1 amide bonds. The van der Waals surface area contributed by atoms with E-state index in [1.807, 2.05) is 25.1 Å². The molecule has 33 heavy (non-hydrogen) atoms. The molecular formula is C24H25ClN4O3S. The van der Waals surface area contributed by atoms with Gasteiger partial charge in [-0.05, 0) is 60.5 Å². The molecule has 4 rings (SSSR count). The van der Waals surface area contributed by atoms with Crippen molar-refractivity contribution in [1.82, 2.24) is 14.8 Å². The number of piperazine rings is 1. The predicted molar refractivity (Wildman–Crippen MR) is 129 cm³/mol. The molecule has 0 radical (unpaired) electrons. The molecule has 9 heteroatoms. The normalized spacial score (nSPS) is 14.8. The van der Waals surface area contributed by atoms with Crippen LogP contribution in [0.1, 0.15) is 21.5 Å². The summed E-state index contributed by atoms with van der Waals surface area (Å²) >= 11 is 6.30. The first-order valence-electron chi connectivity index (χ1n) is 10.6. The SMILES string of the molecule is Cc1cccc(NS(=O)(=O)c2ccc(Cl)c(C(=O)N3CCN(Cc4ccncc4)CC3)c2)c1. The maximum atomic E-state index is 13.2. The molecule has 1 aliphatic heterocycles. The molecule has 1 fully saturated rings. The van der Waals surface area contributed by atoms with E-state index in [9.17, 15) is 13.2 Å². The highest BCUT2D eigenvalue weighted by Gasteiger charge is 2.25. The smallest absolute Gasteiger partial charge is 0.261 e. The van der Waals surface area contributed by atoms with Crippen molar-refractivity contribution in [3.63, 3.8) is 0 Å². The van der Waals surface area contributed by atoms with E-state index in [0.29, 0.717) is 18.8 Å². The van der Waals surface area contributed by atoms with Crippen LogP contribution in [0.25, 0.3) is 0 Å². The molecule has 0 unspecified atom stereocenters. The second-order valence-corrected chi connectivity index (χ2v) is 10.1. The van der Waals surface area contributed by atoms with Crippen molar-refractivity contribution in [2.24, 2.45) is 0 Å². The molecule has 0 bridgehead atoms. The number of sulfonamides is 1. The summed E-state index contributed by atoms with van der Waals surface area (Å²) in [5.41, 5.74) is 2.76. The zero-order chi connectivity index (χ0) is 23.4. The minimum Gasteiger partial charge on any atom is -0.336 e. The molecule has 2 aromatic carbocycles. The van der Waals surface area contributed by atoms with Crippen molar-refractivity contribution in [2.75, 3.05) is 30.9 Å². The standard InChI is InChI=1S/C24H25ClN4O3S/c1-18-3-2-4-20(15-18)27-33(31,32)21-5-6-23(25)22(16-21)24(30)29-13-11-28(12-14-29)17-19-7-9-26-10-8-19/h2-10,15-16,27H,11-14,17H2,1H3. The van der Waals surface area contributed by atoms with Gasteiger partial charge in [-0.3, -0.25) is 19.4 Å². The topological polar surface area (TPSA) is 82.6 Å². The number of rotatable bonds is 6. The first kappa shape index (κ1) is 23.2. The second-order valence-electron chi connectivity index (χ2n) is 8.04. The summed E-state index contributed by atoms with van der Waals surface area (Å²) in [5, 5.41) is 0.230. The monoisotopic (exact) mass is 484 g/mol. The van der Waals surface area contributed by atoms with Gasteiger partial charge in [-0.15, -0.1) is 0 Å². The lowest BCUT2D eigenvalue weighted by atomic mass is 10.1. The summed E-state index contributed by atoms with van der Waals surface area (Å²) in [4.78, 5) is 21.2. The van der Waals surface area contributed by atoms with Gasteiger partial charge in [0, 0.05) is 50.8 Å². The number of amides is 1. The molecule has 1 aromatic heterocycles. The molecule has 172 valence electrons. The average molecular weight is 485 g/mol. The van der Waals surface area contributed by atoms with E-state index in [4.69, 9.17) is 11.6 Å². The average Bonchev–Trinajstić information content (AvgIpc) is 2.80. The summed E-state index contributed by atoms with van der Waals surface area (Å²) in [6.07, 6.45) is 3.54. The summed E-state index contributed by atoms with van der Waals surface area (Å²) in [5.74, 6) is -0.267. The lowest BCUT2D eigenvalue weighted by Gasteiger charge is -2.35. The molecule has 0 aliphatic carbocycles. The lowest BCUT2D eigenvalue weighted by Crippen LogP contribution is -2.48. The van der Waals surface area contributed by atoms with Gasteiger partial charge in [0.25, 0.3) is 15.9 Å². The summed E-state index contributed by atoms with van der Waals surface area (Å²) in [7, 11) is -3.87. The molecule has 0 saturated carbocycles. The van der Waals surface area contributed by atoms with Gasteiger partial charge in [0.1, 0.15) is 0 Å². The Morgan fingerprint density at radius 3 is 2.45 bits per heavy atom. The minimum absolute atomic E-state index is 0.00641. The number of anilines is 1. The highest BCUT2D eigenvalue weighted by molar-refractivity contribution is 7.92. The Morgan fingerprint density at radius 1 is 1.03 bits per heavy atom. The third kappa shape index (κ3) is 5.71. The van der Waals surface area contributed by atoms with E-state index >= 15 is 0 Å². The zero-order valence-electron chi connectivity index (χ0n) is 18.2. The highest BCUT2D eigenvalue weighted by atomic mass is 35.5. The summed E-state index contributed by atoms with van der Waals surface area (Å²) in [6.45, 7) is 5.20. The Bertz CT molecular complexity index is 1240. The van der Waals surface area contributed by atoms with Gasteiger partial charge >= 0.3 is 0 Å².